The highest BCUT2D eigenvalue weighted by Crippen LogP contribution is 2.34. The number of hydrogen-bond acceptors (Lipinski definition) is 6. The Morgan fingerprint density at radius 3 is 2.46 bits per heavy atom. The Bertz CT molecular complexity index is 1370. The van der Waals surface area contributed by atoms with Crippen molar-refractivity contribution < 1.29 is 22.3 Å². The van der Waals surface area contributed by atoms with Crippen molar-refractivity contribution in [1.29, 1.82) is 0 Å². The minimum atomic E-state index is -2.87. The predicted molar refractivity (Wildman–Crippen MR) is 132 cm³/mol. The van der Waals surface area contributed by atoms with Crippen LogP contribution in [-0.2, 0) is 24.2 Å². The van der Waals surface area contributed by atoms with Gasteiger partial charge in [0.1, 0.15) is 17.3 Å². The molecule has 0 saturated carbocycles. The monoisotopic (exact) mass is 577 g/mol. The number of rotatable bonds is 8. The molecular weight excluding hydrogens is 562 g/mol. The summed E-state index contributed by atoms with van der Waals surface area (Å²) in [5.74, 6) is -2.27. The van der Waals surface area contributed by atoms with Gasteiger partial charge in [-0.2, -0.15) is 8.75 Å². The van der Waals surface area contributed by atoms with E-state index in [2.05, 4.69) is 30.0 Å². The summed E-state index contributed by atoms with van der Waals surface area (Å²) >= 11 is 1.28. The van der Waals surface area contributed by atoms with Gasteiger partial charge in [-0.3, -0.25) is 13.3 Å². The predicted octanol–water partition coefficient (Wildman–Crippen LogP) is 5.03. The summed E-state index contributed by atoms with van der Waals surface area (Å²) in [7, 11) is 0. The molecule has 12 heteroatoms. The summed E-state index contributed by atoms with van der Waals surface area (Å²) in [5, 5.41) is 2.45. The van der Waals surface area contributed by atoms with Gasteiger partial charge in [0.25, 0.3) is 5.91 Å². The fourth-order valence-electron chi connectivity index (χ4n) is 3.35. The third kappa shape index (κ3) is 5.78. The average Bonchev–Trinajstić information content (AvgIpc) is 3.26. The maximum atomic E-state index is 14.0. The van der Waals surface area contributed by atoms with Gasteiger partial charge in [0.15, 0.2) is 5.82 Å². The molecule has 3 aromatic carbocycles. The number of nitrogens with zero attached hydrogens (tertiary/aromatic N) is 3. The quantitative estimate of drug-likeness (QED) is 0.296. The van der Waals surface area contributed by atoms with Crippen molar-refractivity contribution in [1.82, 2.24) is 14.1 Å². The van der Waals surface area contributed by atoms with E-state index in [-0.39, 0.29) is 22.6 Å². The Labute approximate surface area is 214 Å². The molecule has 180 valence electrons. The van der Waals surface area contributed by atoms with Crippen LogP contribution in [0, 0.1) is 11.6 Å². The molecule has 0 aliphatic carbocycles. The van der Waals surface area contributed by atoms with E-state index in [1.165, 1.54) is 18.2 Å². The molecule has 0 fully saturated rings. The lowest BCUT2D eigenvalue weighted by Gasteiger charge is -2.27. The number of halogens is 3. The Balaban J connectivity index is 1.68. The minimum Gasteiger partial charge on any atom is -0.755 e. The van der Waals surface area contributed by atoms with E-state index < -0.39 is 35.4 Å². The Morgan fingerprint density at radius 1 is 1.06 bits per heavy atom. The van der Waals surface area contributed by atoms with Crippen LogP contribution in [0.2, 0.25) is 0 Å². The molecule has 1 heterocycles. The van der Waals surface area contributed by atoms with Gasteiger partial charge in [0.2, 0.25) is 0 Å². The van der Waals surface area contributed by atoms with Gasteiger partial charge < -0.3 is 9.87 Å². The number of aromatic nitrogens is 2. The number of nitrogens with one attached hydrogen (secondary N) is 1. The molecule has 1 aromatic heterocycles. The molecule has 1 unspecified atom stereocenters. The number of carbonyl (C=O) groups excluding carboxylic acids is 1. The van der Waals surface area contributed by atoms with Gasteiger partial charge in [-0.1, -0.05) is 52.3 Å². The summed E-state index contributed by atoms with van der Waals surface area (Å²) < 4.78 is 62.5. The van der Waals surface area contributed by atoms with E-state index in [1.807, 2.05) is 30.3 Å². The first-order valence-corrected chi connectivity index (χ1v) is 12.7. The second-order valence-corrected chi connectivity index (χ2v) is 9.50. The SMILES string of the molecule is O=C(NCc1c(F)cccc1F)c1ccc(Br)cc1N(c1nsnc1Cc1ccccc1)S(=O)[O-]. The Morgan fingerprint density at radius 2 is 1.77 bits per heavy atom. The zero-order valence-corrected chi connectivity index (χ0v) is 21.0. The van der Waals surface area contributed by atoms with Crippen LogP contribution in [0.5, 0.6) is 0 Å². The standard InChI is InChI=1S/C23H17BrF2N4O3S2/c24-15-9-10-16(23(31)27-13-17-18(25)7-4-8-19(17)26)21(12-15)30(35(32)33)22-20(28-34-29-22)11-14-5-2-1-3-6-14/h1-10,12H,11,13H2,(H,27,31)(H,32,33)/p-1. The van der Waals surface area contributed by atoms with Crippen LogP contribution in [-0.4, -0.2) is 23.4 Å². The third-order valence-corrected chi connectivity index (χ3v) is 6.72. The summed E-state index contributed by atoms with van der Waals surface area (Å²) in [4.78, 5) is 13.0. The maximum absolute atomic E-state index is 14.0. The topological polar surface area (TPSA) is 98.2 Å². The highest BCUT2D eigenvalue weighted by Gasteiger charge is 2.25. The summed E-state index contributed by atoms with van der Waals surface area (Å²) in [6, 6.07) is 17.1. The van der Waals surface area contributed by atoms with Crippen LogP contribution in [0.15, 0.2) is 71.2 Å². The fourth-order valence-corrected chi connectivity index (χ4v) is 4.90. The van der Waals surface area contributed by atoms with Gasteiger partial charge in [0.05, 0.1) is 34.2 Å². The van der Waals surface area contributed by atoms with Gasteiger partial charge in [-0.15, -0.1) is 0 Å². The lowest BCUT2D eigenvalue weighted by Crippen LogP contribution is -2.28. The third-order valence-electron chi connectivity index (χ3n) is 5.00. The highest BCUT2D eigenvalue weighted by molar-refractivity contribution is 9.10. The van der Waals surface area contributed by atoms with Crippen LogP contribution in [0.4, 0.5) is 20.3 Å². The molecular formula is C23H16BrF2N4O3S2-. The number of amides is 1. The molecule has 0 aliphatic rings. The molecule has 0 saturated heterocycles. The summed E-state index contributed by atoms with van der Waals surface area (Å²) in [6.07, 6.45) is 0.322. The average molecular weight is 578 g/mol. The second-order valence-electron chi connectivity index (χ2n) is 7.25. The van der Waals surface area contributed by atoms with E-state index in [9.17, 15) is 22.3 Å². The molecule has 4 aromatic rings. The first-order valence-electron chi connectivity index (χ1n) is 10.1. The zero-order valence-electron chi connectivity index (χ0n) is 17.8. The van der Waals surface area contributed by atoms with Crippen LogP contribution in [0.1, 0.15) is 27.2 Å². The van der Waals surface area contributed by atoms with Crippen molar-refractivity contribution in [3.63, 3.8) is 0 Å². The molecule has 7 nitrogen and oxygen atoms in total. The molecule has 0 aliphatic heterocycles. The van der Waals surface area contributed by atoms with Gasteiger partial charge in [-0.05, 0) is 35.9 Å². The maximum Gasteiger partial charge on any atom is 0.253 e. The second kappa shape index (κ2) is 11.1. The van der Waals surface area contributed by atoms with Gasteiger partial charge in [-0.25, -0.2) is 8.78 Å². The largest absolute Gasteiger partial charge is 0.755 e. The molecule has 1 atom stereocenters. The van der Waals surface area contributed by atoms with Crippen molar-refractivity contribution in [2.45, 2.75) is 13.0 Å². The van der Waals surface area contributed by atoms with E-state index in [0.29, 0.717) is 16.6 Å². The molecule has 0 spiro atoms. The molecule has 1 amide bonds. The zero-order chi connectivity index (χ0) is 24.9. The minimum absolute atomic E-state index is 0.00113. The van der Waals surface area contributed by atoms with Crippen molar-refractivity contribution >= 4 is 56.3 Å². The smallest absolute Gasteiger partial charge is 0.253 e. The normalized spacial score (nSPS) is 11.8. The van der Waals surface area contributed by atoms with Crippen molar-refractivity contribution in [2.75, 3.05) is 4.31 Å². The Kier molecular flexibility index (Phi) is 7.96. The van der Waals surface area contributed by atoms with Crippen molar-refractivity contribution in [3.05, 3.63) is 105 Å². The van der Waals surface area contributed by atoms with E-state index >= 15 is 0 Å². The van der Waals surface area contributed by atoms with Gasteiger partial charge >= 0.3 is 0 Å². The van der Waals surface area contributed by atoms with Crippen LogP contribution >= 0.6 is 27.7 Å². The first-order chi connectivity index (χ1) is 16.8. The number of carbonyl (C=O) groups is 1. The molecule has 0 radical (unpaired) electrons. The molecule has 35 heavy (non-hydrogen) atoms. The highest BCUT2D eigenvalue weighted by atomic mass is 79.9. The van der Waals surface area contributed by atoms with Crippen LogP contribution < -0.4 is 9.62 Å². The van der Waals surface area contributed by atoms with Crippen molar-refractivity contribution in [3.8, 4) is 0 Å². The Hall–Kier alpha value is -3.06. The first kappa shape index (κ1) is 25.0. The van der Waals surface area contributed by atoms with Gasteiger partial charge in [0, 0.05) is 23.0 Å². The number of hydrogen-bond donors (Lipinski definition) is 1. The molecule has 0 bridgehead atoms. The molecule has 4 rings (SSSR count). The van der Waals surface area contributed by atoms with E-state index in [1.54, 1.807) is 6.07 Å². The fraction of sp³-hybridized carbons (Fsp3) is 0.0870. The summed E-state index contributed by atoms with van der Waals surface area (Å²) in [5.41, 5.74) is 0.967. The van der Waals surface area contributed by atoms with Crippen LogP contribution in [0.3, 0.4) is 0 Å². The molecule has 1 N–H and O–H groups in total. The summed E-state index contributed by atoms with van der Waals surface area (Å²) in [6.45, 7) is -0.426. The lowest BCUT2D eigenvalue weighted by atomic mass is 10.1. The van der Waals surface area contributed by atoms with Crippen LogP contribution in [0.25, 0.3) is 0 Å². The van der Waals surface area contributed by atoms with Crippen molar-refractivity contribution in [2.24, 2.45) is 0 Å². The van der Waals surface area contributed by atoms with E-state index in [4.69, 9.17) is 0 Å². The van der Waals surface area contributed by atoms with E-state index in [0.717, 1.165) is 33.7 Å². The number of benzene rings is 3. The lowest BCUT2D eigenvalue weighted by molar-refractivity contribution is 0.0951. The number of anilines is 2.